The Kier molecular flexibility index (Phi) is 3.88. The zero-order chi connectivity index (χ0) is 14.8. The first-order valence-electron chi connectivity index (χ1n) is 6.79. The van der Waals surface area contributed by atoms with Crippen molar-refractivity contribution in [1.29, 1.82) is 0 Å². The van der Waals surface area contributed by atoms with Crippen LogP contribution in [0.15, 0.2) is 35.1 Å². The first kappa shape index (κ1) is 14.0. The van der Waals surface area contributed by atoms with Gasteiger partial charge < -0.3 is 5.32 Å². The summed E-state index contributed by atoms with van der Waals surface area (Å²) in [5, 5.41) is 12.4. The summed E-state index contributed by atoms with van der Waals surface area (Å²) in [7, 11) is 0. The number of halogens is 1. The Labute approximate surface area is 131 Å². The normalized spacial score (nSPS) is 11.0. The van der Waals surface area contributed by atoms with Crippen molar-refractivity contribution in [3.63, 3.8) is 0 Å². The third-order valence-corrected chi connectivity index (χ3v) is 4.04. The molecule has 5 nitrogen and oxygen atoms in total. The molecule has 0 radical (unpaired) electrons. The maximum atomic E-state index is 4.65. The number of fused-ring (bicyclic) bond motifs is 1. The second-order valence-electron chi connectivity index (χ2n) is 4.95. The lowest BCUT2D eigenvalue weighted by molar-refractivity contribution is 0.609. The van der Waals surface area contributed by atoms with Gasteiger partial charge in [0.2, 0.25) is 0 Å². The van der Waals surface area contributed by atoms with Gasteiger partial charge in [0.15, 0.2) is 0 Å². The van der Waals surface area contributed by atoms with Crippen molar-refractivity contribution >= 4 is 32.5 Å². The van der Waals surface area contributed by atoms with Gasteiger partial charge in [0.05, 0.1) is 18.3 Å². The van der Waals surface area contributed by atoms with E-state index < -0.39 is 0 Å². The van der Waals surface area contributed by atoms with E-state index in [-0.39, 0.29) is 0 Å². The Morgan fingerprint density at radius 2 is 2.14 bits per heavy atom. The molecule has 1 aromatic carbocycles. The fourth-order valence-corrected chi connectivity index (χ4v) is 2.69. The van der Waals surface area contributed by atoms with Crippen LogP contribution in [0.4, 0.5) is 5.69 Å². The summed E-state index contributed by atoms with van der Waals surface area (Å²) in [6.45, 7) is 5.70. The fraction of sp³-hybridized carbons (Fsp3) is 0.267. The summed E-state index contributed by atoms with van der Waals surface area (Å²) in [4.78, 5) is 4.65. The Morgan fingerprint density at radius 1 is 1.29 bits per heavy atom. The van der Waals surface area contributed by atoms with Crippen molar-refractivity contribution in [2.24, 2.45) is 0 Å². The molecule has 21 heavy (non-hydrogen) atoms. The number of aromatic nitrogens is 4. The number of pyridine rings is 1. The standard InChI is InChI=1S/C15H16BrN5/c1-10-11(2)19-14-4-3-12(16)9-13(14)15(10)17-5-7-21-8-6-18-20-21/h3-4,6,8-9H,5,7H2,1-2H3,(H,17,19). The van der Waals surface area contributed by atoms with Crippen LogP contribution in [-0.4, -0.2) is 26.5 Å². The lowest BCUT2D eigenvalue weighted by atomic mass is 10.1. The minimum Gasteiger partial charge on any atom is -0.382 e. The van der Waals surface area contributed by atoms with Crippen molar-refractivity contribution < 1.29 is 0 Å². The number of nitrogens with one attached hydrogen (secondary N) is 1. The fourth-order valence-electron chi connectivity index (χ4n) is 2.33. The van der Waals surface area contributed by atoms with Crippen LogP contribution in [0.25, 0.3) is 10.9 Å². The van der Waals surface area contributed by atoms with Gasteiger partial charge in [-0.1, -0.05) is 21.1 Å². The van der Waals surface area contributed by atoms with E-state index in [9.17, 15) is 0 Å². The van der Waals surface area contributed by atoms with Crippen LogP contribution in [0, 0.1) is 13.8 Å². The van der Waals surface area contributed by atoms with Crippen molar-refractivity contribution in [3.05, 3.63) is 46.3 Å². The number of anilines is 1. The summed E-state index contributed by atoms with van der Waals surface area (Å²) in [6.07, 6.45) is 3.55. The molecule has 0 aliphatic rings. The summed E-state index contributed by atoms with van der Waals surface area (Å²) < 4.78 is 2.87. The Bertz CT molecular complexity index is 767. The third kappa shape index (κ3) is 2.90. The molecule has 108 valence electrons. The van der Waals surface area contributed by atoms with Gasteiger partial charge in [0.1, 0.15) is 0 Å². The van der Waals surface area contributed by atoms with Crippen LogP contribution in [0.3, 0.4) is 0 Å². The molecular formula is C15H16BrN5. The molecule has 2 aromatic heterocycles. The van der Waals surface area contributed by atoms with E-state index in [4.69, 9.17) is 0 Å². The van der Waals surface area contributed by atoms with Gasteiger partial charge in [-0.3, -0.25) is 9.67 Å². The molecule has 1 N–H and O–H groups in total. The van der Waals surface area contributed by atoms with Gasteiger partial charge >= 0.3 is 0 Å². The molecule has 0 unspecified atom stereocenters. The minimum atomic E-state index is 0.774. The average Bonchev–Trinajstić information content (AvgIpc) is 2.97. The van der Waals surface area contributed by atoms with Crippen molar-refractivity contribution in [1.82, 2.24) is 20.0 Å². The number of aryl methyl sites for hydroxylation is 1. The van der Waals surface area contributed by atoms with Crippen LogP contribution >= 0.6 is 15.9 Å². The Balaban J connectivity index is 1.92. The molecule has 0 fully saturated rings. The molecule has 6 heteroatoms. The van der Waals surface area contributed by atoms with Gasteiger partial charge in [-0.05, 0) is 37.6 Å². The topological polar surface area (TPSA) is 55.6 Å². The maximum Gasteiger partial charge on any atom is 0.0726 e. The van der Waals surface area contributed by atoms with Gasteiger partial charge in [-0.15, -0.1) is 5.10 Å². The molecule has 0 spiro atoms. The SMILES string of the molecule is Cc1nc2ccc(Br)cc2c(NCCn2ccnn2)c1C. The molecule has 3 rings (SSSR count). The van der Waals surface area contributed by atoms with Gasteiger partial charge in [0.25, 0.3) is 0 Å². The monoisotopic (exact) mass is 345 g/mol. The number of rotatable bonds is 4. The number of benzene rings is 1. The number of hydrogen-bond acceptors (Lipinski definition) is 4. The van der Waals surface area contributed by atoms with E-state index in [0.717, 1.165) is 39.8 Å². The second kappa shape index (κ2) is 5.81. The highest BCUT2D eigenvalue weighted by atomic mass is 79.9. The van der Waals surface area contributed by atoms with Crippen LogP contribution in [0.2, 0.25) is 0 Å². The van der Waals surface area contributed by atoms with Crippen LogP contribution in [-0.2, 0) is 6.54 Å². The second-order valence-corrected chi connectivity index (χ2v) is 5.87. The zero-order valence-electron chi connectivity index (χ0n) is 12.0. The van der Waals surface area contributed by atoms with E-state index >= 15 is 0 Å². The molecule has 0 atom stereocenters. The summed E-state index contributed by atoms with van der Waals surface area (Å²) in [6, 6.07) is 6.16. The van der Waals surface area contributed by atoms with Gasteiger partial charge in [-0.25, -0.2) is 0 Å². The van der Waals surface area contributed by atoms with E-state index in [1.165, 1.54) is 5.56 Å². The van der Waals surface area contributed by atoms with E-state index in [1.54, 1.807) is 6.20 Å². The average molecular weight is 346 g/mol. The predicted molar refractivity (Wildman–Crippen MR) is 87.4 cm³/mol. The van der Waals surface area contributed by atoms with Crippen LogP contribution < -0.4 is 5.32 Å². The lowest BCUT2D eigenvalue weighted by Crippen LogP contribution is -2.12. The Hall–Kier alpha value is -1.95. The maximum absolute atomic E-state index is 4.65. The zero-order valence-corrected chi connectivity index (χ0v) is 13.6. The highest BCUT2D eigenvalue weighted by Crippen LogP contribution is 2.29. The van der Waals surface area contributed by atoms with E-state index in [2.05, 4.69) is 49.5 Å². The van der Waals surface area contributed by atoms with Crippen LogP contribution in [0.5, 0.6) is 0 Å². The third-order valence-electron chi connectivity index (χ3n) is 3.55. The largest absolute Gasteiger partial charge is 0.382 e. The molecule has 0 aliphatic heterocycles. The van der Waals surface area contributed by atoms with E-state index in [0.29, 0.717) is 0 Å². The smallest absolute Gasteiger partial charge is 0.0726 e. The van der Waals surface area contributed by atoms with E-state index in [1.807, 2.05) is 29.9 Å². The molecule has 0 amide bonds. The number of nitrogens with zero attached hydrogens (tertiary/aromatic N) is 4. The minimum absolute atomic E-state index is 0.774. The summed E-state index contributed by atoms with van der Waals surface area (Å²) in [5.74, 6) is 0. The summed E-state index contributed by atoms with van der Waals surface area (Å²) in [5.41, 5.74) is 4.37. The predicted octanol–water partition coefficient (Wildman–Crippen LogP) is 3.32. The molecule has 0 bridgehead atoms. The molecule has 0 aliphatic carbocycles. The van der Waals surface area contributed by atoms with Gasteiger partial charge in [0, 0.05) is 34.0 Å². The Morgan fingerprint density at radius 3 is 2.90 bits per heavy atom. The van der Waals surface area contributed by atoms with Crippen molar-refractivity contribution in [3.8, 4) is 0 Å². The molecule has 3 aromatic rings. The number of hydrogen-bond donors (Lipinski definition) is 1. The quantitative estimate of drug-likeness (QED) is 0.787. The highest BCUT2D eigenvalue weighted by Gasteiger charge is 2.09. The van der Waals surface area contributed by atoms with Gasteiger partial charge in [-0.2, -0.15) is 0 Å². The highest BCUT2D eigenvalue weighted by molar-refractivity contribution is 9.10. The van der Waals surface area contributed by atoms with Crippen molar-refractivity contribution in [2.45, 2.75) is 20.4 Å². The molecule has 0 saturated carbocycles. The van der Waals surface area contributed by atoms with Crippen LogP contribution in [0.1, 0.15) is 11.3 Å². The first-order valence-corrected chi connectivity index (χ1v) is 7.59. The summed E-state index contributed by atoms with van der Waals surface area (Å²) >= 11 is 3.53. The first-order chi connectivity index (χ1) is 10.1. The molecule has 0 saturated heterocycles. The lowest BCUT2D eigenvalue weighted by Gasteiger charge is -2.15. The molecular weight excluding hydrogens is 330 g/mol. The van der Waals surface area contributed by atoms with Crippen molar-refractivity contribution in [2.75, 3.05) is 11.9 Å². The molecule has 2 heterocycles.